The lowest BCUT2D eigenvalue weighted by molar-refractivity contribution is -0.117. The van der Waals surface area contributed by atoms with Gasteiger partial charge in [0.2, 0.25) is 5.91 Å². The summed E-state index contributed by atoms with van der Waals surface area (Å²) in [4.78, 5) is 10.8. The van der Waals surface area contributed by atoms with E-state index in [1.165, 1.54) is 0 Å². The number of hydrogen-bond acceptors (Lipinski definition) is 2. The highest BCUT2D eigenvalue weighted by molar-refractivity contribution is 7.81. The summed E-state index contributed by atoms with van der Waals surface area (Å²) in [6, 6.07) is 0. The summed E-state index contributed by atoms with van der Waals surface area (Å²) >= 11 is 4.11. The molecule has 2 nitrogen and oxygen atoms in total. The first kappa shape index (κ1) is 13.3. The fraction of sp³-hybridized carbons (Fsp3) is 0.545. The van der Waals surface area contributed by atoms with Gasteiger partial charge in [-0.2, -0.15) is 12.6 Å². The Morgan fingerprint density at radius 2 is 2.21 bits per heavy atom. The maximum Gasteiger partial charge on any atom is 0.230 e. The van der Waals surface area contributed by atoms with E-state index < -0.39 is 0 Å². The van der Waals surface area contributed by atoms with Gasteiger partial charge in [-0.3, -0.25) is 4.79 Å². The molecule has 0 aromatic rings. The summed E-state index contributed by atoms with van der Waals surface area (Å²) in [6.45, 7) is 4.08. The SMILES string of the molecule is C/C=C(\C=C/CCC)CC(S)C(N)=O. The van der Waals surface area contributed by atoms with Crippen LogP contribution < -0.4 is 5.73 Å². The molecule has 0 aliphatic heterocycles. The lowest BCUT2D eigenvalue weighted by Crippen LogP contribution is -2.23. The average molecular weight is 213 g/mol. The summed E-state index contributed by atoms with van der Waals surface area (Å²) in [5.41, 5.74) is 6.24. The zero-order valence-electron chi connectivity index (χ0n) is 8.86. The van der Waals surface area contributed by atoms with Crippen molar-refractivity contribution in [1.82, 2.24) is 0 Å². The van der Waals surface area contributed by atoms with Crippen molar-refractivity contribution in [3.63, 3.8) is 0 Å². The van der Waals surface area contributed by atoms with E-state index in [1.807, 2.05) is 19.1 Å². The Labute approximate surface area is 91.7 Å². The van der Waals surface area contributed by atoms with Gasteiger partial charge in [-0.05, 0) is 19.8 Å². The van der Waals surface area contributed by atoms with E-state index in [0.29, 0.717) is 6.42 Å². The maximum atomic E-state index is 10.8. The van der Waals surface area contributed by atoms with Crippen LogP contribution in [0.25, 0.3) is 0 Å². The summed E-state index contributed by atoms with van der Waals surface area (Å²) in [5, 5.41) is -0.382. The van der Waals surface area contributed by atoms with Crippen LogP contribution in [0.1, 0.15) is 33.1 Å². The molecule has 0 saturated carbocycles. The Bertz CT molecular complexity index is 233. The lowest BCUT2D eigenvalue weighted by Gasteiger charge is -2.06. The van der Waals surface area contributed by atoms with Crippen LogP contribution >= 0.6 is 12.6 Å². The highest BCUT2D eigenvalue weighted by Gasteiger charge is 2.09. The van der Waals surface area contributed by atoms with Gasteiger partial charge in [0, 0.05) is 0 Å². The van der Waals surface area contributed by atoms with E-state index in [9.17, 15) is 4.79 Å². The molecule has 1 unspecified atom stereocenters. The minimum Gasteiger partial charge on any atom is -0.369 e. The highest BCUT2D eigenvalue weighted by atomic mass is 32.1. The number of nitrogens with two attached hydrogens (primary N) is 1. The van der Waals surface area contributed by atoms with Crippen LogP contribution in [0.3, 0.4) is 0 Å². The molecule has 0 aromatic heterocycles. The van der Waals surface area contributed by atoms with Crippen molar-refractivity contribution in [3.8, 4) is 0 Å². The molecule has 80 valence electrons. The highest BCUT2D eigenvalue weighted by Crippen LogP contribution is 2.12. The number of allylic oxidation sites excluding steroid dienone is 4. The molecule has 1 amide bonds. The lowest BCUT2D eigenvalue weighted by atomic mass is 10.1. The Morgan fingerprint density at radius 1 is 1.57 bits per heavy atom. The summed E-state index contributed by atoms with van der Waals surface area (Å²) in [7, 11) is 0. The van der Waals surface area contributed by atoms with Crippen LogP contribution in [0, 0.1) is 0 Å². The predicted molar refractivity (Wildman–Crippen MR) is 64.4 cm³/mol. The number of carbonyl (C=O) groups is 1. The van der Waals surface area contributed by atoms with Crippen LogP contribution in [0.2, 0.25) is 0 Å². The summed E-state index contributed by atoms with van der Waals surface area (Å²) in [6.07, 6.45) is 8.93. The summed E-state index contributed by atoms with van der Waals surface area (Å²) < 4.78 is 0. The predicted octanol–water partition coefficient (Wildman–Crippen LogP) is 2.46. The molecule has 0 aromatic carbocycles. The smallest absolute Gasteiger partial charge is 0.230 e. The average Bonchev–Trinajstić information content (AvgIpc) is 2.16. The molecular weight excluding hydrogens is 194 g/mol. The fourth-order valence-electron chi connectivity index (χ4n) is 1.01. The maximum absolute atomic E-state index is 10.8. The van der Waals surface area contributed by atoms with Crippen molar-refractivity contribution in [2.24, 2.45) is 5.73 Å². The van der Waals surface area contributed by atoms with Crippen LogP contribution in [-0.2, 0) is 4.79 Å². The fourth-order valence-corrected chi connectivity index (χ4v) is 1.22. The van der Waals surface area contributed by atoms with Crippen LogP contribution in [0.15, 0.2) is 23.8 Å². The molecule has 0 aliphatic carbocycles. The van der Waals surface area contributed by atoms with E-state index in [1.54, 1.807) is 0 Å². The molecule has 0 saturated heterocycles. The Balaban J connectivity index is 4.11. The third kappa shape index (κ3) is 5.86. The van der Waals surface area contributed by atoms with Gasteiger partial charge in [-0.15, -0.1) is 0 Å². The van der Waals surface area contributed by atoms with Crippen molar-refractivity contribution >= 4 is 18.5 Å². The molecule has 14 heavy (non-hydrogen) atoms. The van der Waals surface area contributed by atoms with E-state index >= 15 is 0 Å². The minimum absolute atomic E-state index is 0.364. The zero-order chi connectivity index (χ0) is 11.0. The number of unbranched alkanes of at least 4 members (excludes halogenated alkanes) is 1. The number of thiol groups is 1. The van der Waals surface area contributed by atoms with Gasteiger partial charge < -0.3 is 5.73 Å². The van der Waals surface area contributed by atoms with E-state index in [4.69, 9.17) is 5.73 Å². The van der Waals surface area contributed by atoms with Crippen LogP contribution in [0.5, 0.6) is 0 Å². The van der Waals surface area contributed by atoms with Gasteiger partial charge in [0.25, 0.3) is 0 Å². The second-order valence-corrected chi connectivity index (χ2v) is 3.80. The van der Waals surface area contributed by atoms with Crippen LogP contribution in [-0.4, -0.2) is 11.2 Å². The number of rotatable bonds is 6. The van der Waals surface area contributed by atoms with Crippen molar-refractivity contribution in [3.05, 3.63) is 23.8 Å². The topological polar surface area (TPSA) is 43.1 Å². The Morgan fingerprint density at radius 3 is 2.64 bits per heavy atom. The third-order valence-electron chi connectivity index (χ3n) is 1.92. The minimum atomic E-state index is -0.382. The first-order valence-electron chi connectivity index (χ1n) is 4.90. The monoisotopic (exact) mass is 213 g/mol. The number of carbonyl (C=O) groups excluding carboxylic acids is 1. The number of primary amides is 1. The zero-order valence-corrected chi connectivity index (χ0v) is 9.76. The van der Waals surface area contributed by atoms with Gasteiger partial charge in [0.1, 0.15) is 0 Å². The van der Waals surface area contributed by atoms with E-state index in [2.05, 4.69) is 25.6 Å². The Hall–Kier alpha value is -0.700. The third-order valence-corrected chi connectivity index (χ3v) is 2.35. The number of hydrogen-bond donors (Lipinski definition) is 2. The Kier molecular flexibility index (Phi) is 7.30. The second-order valence-electron chi connectivity index (χ2n) is 3.18. The molecule has 0 aliphatic rings. The molecule has 0 rings (SSSR count). The molecule has 0 bridgehead atoms. The van der Waals surface area contributed by atoms with Gasteiger partial charge in [-0.25, -0.2) is 0 Å². The normalized spacial score (nSPS) is 14.6. The molecule has 2 N–H and O–H groups in total. The quantitative estimate of drug-likeness (QED) is 0.516. The molecule has 0 heterocycles. The molecule has 0 radical (unpaired) electrons. The summed E-state index contributed by atoms with van der Waals surface area (Å²) in [5.74, 6) is -0.364. The first-order valence-corrected chi connectivity index (χ1v) is 5.42. The molecular formula is C11H19NOS. The van der Waals surface area contributed by atoms with Crippen molar-refractivity contribution in [2.45, 2.75) is 38.4 Å². The van der Waals surface area contributed by atoms with Crippen molar-refractivity contribution in [1.29, 1.82) is 0 Å². The van der Waals surface area contributed by atoms with Gasteiger partial charge >= 0.3 is 0 Å². The van der Waals surface area contributed by atoms with Gasteiger partial charge in [0.15, 0.2) is 0 Å². The molecule has 0 spiro atoms. The second kappa shape index (κ2) is 7.68. The van der Waals surface area contributed by atoms with E-state index in [-0.39, 0.29) is 11.2 Å². The van der Waals surface area contributed by atoms with Gasteiger partial charge in [0.05, 0.1) is 5.25 Å². The first-order chi connectivity index (χ1) is 6.61. The molecule has 1 atom stereocenters. The number of amides is 1. The standard InChI is InChI=1S/C11H19NOS/c1-3-5-6-7-9(4-2)8-10(14)11(12)13/h4,6-7,10,14H,3,5,8H2,1-2H3,(H2,12,13)/b7-6-,9-4+. The van der Waals surface area contributed by atoms with Gasteiger partial charge in [-0.1, -0.05) is 37.1 Å². The largest absolute Gasteiger partial charge is 0.369 e. The van der Waals surface area contributed by atoms with Crippen molar-refractivity contribution in [2.75, 3.05) is 0 Å². The van der Waals surface area contributed by atoms with Crippen LogP contribution in [0.4, 0.5) is 0 Å². The molecule has 3 heteroatoms. The molecule has 0 fully saturated rings. The van der Waals surface area contributed by atoms with Crippen molar-refractivity contribution < 1.29 is 4.79 Å². The van der Waals surface area contributed by atoms with E-state index in [0.717, 1.165) is 18.4 Å².